The SMILES string of the molecule is C=CCn1c(CC(=O)Nc2ccc(C)cc2C)nnc1SCC(=O)Nc1ccc(F)cc1. The molecule has 0 aliphatic rings. The van der Waals surface area contributed by atoms with Crippen LogP contribution in [0.15, 0.2) is 60.3 Å². The topological polar surface area (TPSA) is 88.9 Å². The molecule has 2 N–H and O–H groups in total. The van der Waals surface area contributed by atoms with Gasteiger partial charge >= 0.3 is 0 Å². The first kappa shape index (κ1) is 23.2. The van der Waals surface area contributed by atoms with E-state index in [1.54, 1.807) is 10.6 Å². The van der Waals surface area contributed by atoms with Crippen LogP contribution in [0.1, 0.15) is 17.0 Å². The number of hydrogen-bond acceptors (Lipinski definition) is 5. The number of benzene rings is 2. The molecule has 9 heteroatoms. The summed E-state index contributed by atoms with van der Waals surface area (Å²) in [5.41, 5.74) is 3.36. The second kappa shape index (κ2) is 10.7. The highest BCUT2D eigenvalue weighted by Gasteiger charge is 2.17. The fourth-order valence-electron chi connectivity index (χ4n) is 3.02. The third-order valence-corrected chi connectivity index (χ3v) is 5.51. The van der Waals surface area contributed by atoms with Gasteiger partial charge in [-0.15, -0.1) is 16.8 Å². The Labute approximate surface area is 190 Å². The number of carbonyl (C=O) groups is 2. The van der Waals surface area contributed by atoms with Gasteiger partial charge in [0.2, 0.25) is 11.8 Å². The minimum atomic E-state index is -0.371. The molecule has 0 atom stereocenters. The van der Waals surface area contributed by atoms with Crippen molar-refractivity contribution < 1.29 is 14.0 Å². The zero-order valence-corrected chi connectivity index (χ0v) is 18.7. The summed E-state index contributed by atoms with van der Waals surface area (Å²) >= 11 is 1.20. The molecule has 1 aromatic heterocycles. The molecule has 0 unspecified atom stereocenters. The van der Waals surface area contributed by atoms with Crippen LogP contribution in [0, 0.1) is 19.7 Å². The van der Waals surface area contributed by atoms with Gasteiger partial charge in [0.25, 0.3) is 0 Å². The van der Waals surface area contributed by atoms with Gasteiger partial charge in [0, 0.05) is 17.9 Å². The summed E-state index contributed by atoms with van der Waals surface area (Å²) in [7, 11) is 0. The fraction of sp³-hybridized carbons (Fsp3) is 0.217. The van der Waals surface area contributed by atoms with E-state index < -0.39 is 0 Å². The molecule has 0 aliphatic heterocycles. The molecule has 1 heterocycles. The molecule has 3 rings (SSSR count). The molecule has 0 saturated carbocycles. The smallest absolute Gasteiger partial charge is 0.234 e. The van der Waals surface area contributed by atoms with Crippen molar-refractivity contribution in [1.82, 2.24) is 14.8 Å². The van der Waals surface area contributed by atoms with E-state index in [4.69, 9.17) is 0 Å². The van der Waals surface area contributed by atoms with Gasteiger partial charge in [-0.05, 0) is 49.7 Å². The standard InChI is InChI=1S/C23H24FN5O2S/c1-4-11-29-20(13-21(30)26-19-10-5-15(2)12-16(19)3)27-28-23(29)32-14-22(31)25-18-8-6-17(24)7-9-18/h4-10,12H,1,11,13-14H2,2-3H3,(H,25,31)(H,26,30). The first-order valence-corrected chi connectivity index (χ1v) is 10.9. The van der Waals surface area contributed by atoms with Crippen LogP contribution in [0.3, 0.4) is 0 Å². The Kier molecular flexibility index (Phi) is 7.77. The number of carbonyl (C=O) groups excluding carboxylic acids is 2. The van der Waals surface area contributed by atoms with Crippen molar-refractivity contribution in [2.75, 3.05) is 16.4 Å². The summed E-state index contributed by atoms with van der Waals surface area (Å²) < 4.78 is 14.7. The fourth-order valence-corrected chi connectivity index (χ4v) is 3.79. The Morgan fingerprint density at radius 1 is 1.09 bits per heavy atom. The van der Waals surface area contributed by atoms with Gasteiger partial charge in [-0.1, -0.05) is 35.5 Å². The zero-order valence-electron chi connectivity index (χ0n) is 17.9. The quantitative estimate of drug-likeness (QED) is 0.376. The van der Waals surface area contributed by atoms with Crippen LogP contribution in [0.4, 0.5) is 15.8 Å². The van der Waals surface area contributed by atoms with Gasteiger partial charge in [-0.25, -0.2) is 4.39 Å². The number of thioether (sulfide) groups is 1. The summed E-state index contributed by atoms with van der Waals surface area (Å²) in [6.07, 6.45) is 1.72. The van der Waals surface area contributed by atoms with Gasteiger partial charge < -0.3 is 15.2 Å². The van der Waals surface area contributed by atoms with E-state index in [0.717, 1.165) is 16.8 Å². The summed E-state index contributed by atoms with van der Waals surface area (Å²) in [6.45, 7) is 8.08. The van der Waals surface area contributed by atoms with Crippen LogP contribution < -0.4 is 10.6 Å². The Morgan fingerprint density at radius 2 is 1.84 bits per heavy atom. The predicted molar refractivity (Wildman–Crippen MR) is 124 cm³/mol. The molecule has 0 fully saturated rings. The number of hydrogen-bond donors (Lipinski definition) is 2. The second-order valence-electron chi connectivity index (χ2n) is 7.19. The highest BCUT2D eigenvalue weighted by atomic mass is 32.2. The molecule has 0 spiro atoms. The van der Waals surface area contributed by atoms with E-state index >= 15 is 0 Å². The molecule has 0 bridgehead atoms. The molecule has 2 aromatic carbocycles. The molecule has 0 saturated heterocycles. The highest BCUT2D eigenvalue weighted by molar-refractivity contribution is 7.99. The number of allylic oxidation sites excluding steroid dienone is 1. The van der Waals surface area contributed by atoms with E-state index in [-0.39, 0.29) is 29.8 Å². The Balaban J connectivity index is 1.62. The van der Waals surface area contributed by atoms with E-state index in [0.29, 0.717) is 23.2 Å². The number of aromatic nitrogens is 3. The average Bonchev–Trinajstić information content (AvgIpc) is 3.12. The van der Waals surface area contributed by atoms with E-state index in [1.807, 2.05) is 32.0 Å². The van der Waals surface area contributed by atoms with Gasteiger partial charge in [0.15, 0.2) is 5.16 Å². The predicted octanol–water partition coefficient (Wildman–Crippen LogP) is 4.13. The Morgan fingerprint density at radius 3 is 2.53 bits per heavy atom. The maximum absolute atomic E-state index is 13.0. The van der Waals surface area contributed by atoms with Crippen LogP contribution in [0.25, 0.3) is 0 Å². The summed E-state index contributed by atoms with van der Waals surface area (Å²) in [5.74, 6) is -0.275. The molecule has 7 nitrogen and oxygen atoms in total. The minimum Gasteiger partial charge on any atom is -0.325 e. The van der Waals surface area contributed by atoms with Gasteiger partial charge in [0.05, 0.1) is 12.2 Å². The third kappa shape index (κ3) is 6.27. The van der Waals surface area contributed by atoms with E-state index in [1.165, 1.54) is 36.0 Å². The molecule has 2 amide bonds. The van der Waals surface area contributed by atoms with Crippen molar-refractivity contribution in [1.29, 1.82) is 0 Å². The summed E-state index contributed by atoms with van der Waals surface area (Å²) in [6, 6.07) is 11.3. The van der Waals surface area contributed by atoms with Crippen molar-refractivity contribution in [3.8, 4) is 0 Å². The van der Waals surface area contributed by atoms with E-state index in [9.17, 15) is 14.0 Å². The van der Waals surface area contributed by atoms with Crippen molar-refractivity contribution >= 4 is 35.0 Å². The molecule has 166 valence electrons. The minimum absolute atomic E-state index is 0.0382. The zero-order chi connectivity index (χ0) is 23.1. The van der Waals surface area contributed by atoms with Crippen LogP contribution in [0.2, 0.25) is 0 Å². The second-order valence-corrected chi connectivity index (χ2v) is 8.13. The lowest BCUT2D eigenvalue weighted by Gasteiger charge is -2.10. The molecular weight excluding hydrogens is 429 g/mol. The molecular formula is C23H24FN5O2S. The van der Waals surface area contributed by atoms with Gasteiger partial charge in [-0.3, -0.25) is 9.59 Å². The Hall–Kier alpha value is -3.46. The number of aryl methyl sites for hydroxylation is 2. The maximum Gasteiger partial charge on any atom is 0.234 e. The van der Waals surface area contributed by atoms with Crippen molar-refractivity contribution in [2.24, 2.45) is 0 Å². The first-order chi connectivity index (χ1) is 15.4. The first-order valence-electron chi connectivity index (χ1n) is 9.94. The van der Waals surface area contributed by atoms with Gasteiger partial charge in [-0.2, -0.15) is 0 Å². The summed E-state index contributed by atoms with van der Waals surface area (Å²) in [4.78, 5) is 24.8. The van der Waals surface area contributed by atoms with Crippen LogP contribution >= 0.6 is 11.8 Å². The number of halogens is 1. The van der Waals surface area contributed by atoms with Crippen molar-refractivity contribution in [3.63, 3.8) is 0 Å². The van der Waals surface area contributed by atoms with Crippen LogP contribution in [-0.2, 0) is 22.6 Å². The van der Waals surface area contributed by atoms with Crippen molar-refractivity contribution in [2.45, 2.75) is 32.0 Å². The average molecular weight is 454 g/mol. The number of rotatable bonds is 9. The lowest BCUT2D eigenvalue weighted by Crippen LogP contribution is -2.18. The van der Waals surface area contributed by atoms with E-state index in [2.05, 4.69) is 27.4 Å². The molecule has 0 radical (unpaired) electrons. The number of nitrogens with zero attached hydrogens (tertiary/aromatic N) is 3. The molecule has 32 heavy (non-hydrogen) atoms. The normalized spacial score (nSPS) is 10.6. The maximum atomic E-state index is 13.0. The third-order valence-electron chi connectivity index (χ3n) is 4.54. The van der Waals surface area contributed by atoms with Crippen molar-refractivity contribution in [3.05, 3.63) is 77.9 Å². The number of amides is 2. The molecule has 0 aliphatic carbocycles. The lowest BCUT2D eigenvalue weighted by atomic mass is 10.1. The van der Waals surface area contributed by atoms with Crippen LogP contribution in [-0.4, -0.2) is 32.3 Å². The van der Waals surface area contributed by atoms with Gasteiger partial charge in [0.1, 0.15) is 11.6 Å². The molecule has 3 aromatic rings. The van der Waals surface area contributed by atoms with Crippen LogP contribution in [0.5, 0.6) is 0 Å². The number of anilines is 2. The number of nitrogens with one attached hydrogen (secondary N) is 2. The largest absolute Gasteiger partial charge is 0.325 e. The monoisotopic (exact) mass is 453 g/mol. The Bertz CT molecular complexity index is 1130. The lowest BCUT2D eigenvalue weighted by molar-refractivity contribution is -0.116. The highest BCUT2D eigenvalue weighted by Crippen LogP contribution is 2.20. The summed E-state index contributed by atoms with van der Waals surface area (Å²) in [5, 5.41) is 14.4.